The quantitative estimate of drug-likeness (QED) is 0.676. The fraction of sp³-hybridized carbons (Fsp3) is 0.550. The minimum absolute atomic E-state index is 0.187. The van der Waals surface area contributed by atoms with Crippen molar-refractivity contribution in [2.24, 2.45) is 0 Å². The van der Waals surface area contributed by atoms with Crippen LogP contribution in [0.2, 0.25) is 0 Å². The van der Waals surface area contributed by atoms with E-state index in [1.807, 2.05) is 39.8 Å². The molecule has 1 aliphatic rings. The molecule has 1 fully saturated rings. The van der Waals surface area contributed by atoms with E-state index in [-0.39, 0.29) is 5.91 Å². The second kappa shape index (κ2) is 9.26. The largest absolute Gasteiger partial charge is 0.486 e. The number of rotatable bonds is 7. The summed E-state index contributed by atoms with van der Waals surface area (Å²) < 4.78 is 7.81. The van der Waals surface area contributed by atoms with Crippen LogP contribution in [0.4, 0.5) is 0 Å². The van der Waals surface area contributed by atoms with Crippen molar-refractivity contribution in [3.05, 3.63) is 36.2 Å². The molecule has 3 rings (SSSR count). The zero-order chi connectivity index (χ0) is 19.2. The lowest BCUT2D eigenvalue weighted by Gasteiger charge is -2.39. The highest BCUT2D eigenvalue weighted by atomic mass is 32.2. The number of likely N-dealkylation sites (tertiary alicyclic amines) is 1. The first-order valence-electron chi connectivity index (χ1n) is 9.64. The number of carbonyl (C=O) groups excluding carboxylic acids is 1. The summed E-state index contributed by atoms with van der Waals surface area (Å²) in [6, 6.07) is 10.3. The van der Waals surface area contributed by atoms with Crippen LogP contribution in [0.3, 0.4) is 0 Å². The highest BCUT2D eigenvalue weighted by molar-refractivity contribution is 7.99. The van der Waals surface area contributed by atoms with Gasteiger partial charge in [0.15, 0.2) is 11.0 Å². The van der Waals surface area contributed by atoms with Crippen molar-refractivity contribution in [2.75, 3.05) is 5.75 Å². The zero-order valence-corrected chi connectivity index (χ0v) is 17.1. The van der Waals surface area contributed by atoms with Crippen LogP contribution in [0.5, 0.6) is 5.75 Å². The highest BCUT2D eigenvalue weighted by Gasteiger charge is 2.29. The Morgan fingerprint density at radius 3 is 2.56 bits per heavy atom. The van der Waals surface area contributed by atoms with E-state index in [0.29, 0.717) is 24.4 Å². The summed E-state index contributed by atoms with van der Waals surface area (Å²) in [6.45, 7) is 7.45. The van der Waals surface area contributed by atoms with Crippen LogP contribution in [-0.2, 0) is 17.9 Å². The van der Waals surface area contributed by atoms with Gasteiger partial charge in [-0.1, -0.05) is 30.0 Å². The second-order valence-electron chi connectivity index (χ2n) is 6.96. The number of ether oxygens (including phenoxy) is 1. The molecule has 2 heterocycles. The predicted octanol–water partition coefficient (Wildman–Crippen LogP) is 3.76. The van der Waals surface area contributed by atoms with Gasteiger partial charge < -0.3 is 14.2 Å². The summed E-state index contributed by atoms with van der Waals surface area (Å²) in [6.07, 6.45) is 3.38. The lowest BCUT2D eigenvalue weighted by atomic mass is 9.98. The zero-order valence-electron chi connectivity index (χ0n) is 16.3. The summed E-state index contributed by atoms with van der Waals surface area (Å²) >= 11 is 1.46. The number of hydrogen-bond acceptors (Lipinski definition) is 5. The molecule has 0 saturated carbocycles. The Morgan fingerprint density at radius 1 is 1.19 bits per heavy atom. The smallest absolute Gasteiger partial charge is 0.233 e. The molecule has 27 heavy (non-hydrogen) atoms. The minimum Gasteiger partial charge on any atom is -0.486 e. The van der Waals surface area contributed by atoms with Crippen molar-refractivity contribution >= 4 is 17.7 Å². The van der Waals surface area contributed by atoms with Gasteiger partial charge >= 0.3 is 0 Å². The van der Waals surface area contributed by atoms with Gasteiger partial charge in [0, 0.05) is 18.6 Å². The summed E-state index contributed by atoms with van der Waals surface area (Å²) in [4.78, 5) is 14.8. The summed E-state index contributed by atoms with van der Waals surface area (Å²) in [5.41, 5.74) is 0. The fourth-order valence-electron chi connectivity index (χ4n) is 3.63. The molecule has 1 aromatic carbocycles. The number of hydrogen-bond donors (Lipinski definition) is 0. The number of nitrogens with zero attached hydrogens (tertiary/aromatic N) is 4. The SMILES string of the molecule is CCn1c(COc2ccccc2)nnc1SCC(=O)N1[C@H](C)CCC[C@@H]1C. The van der Waals surface area contributed by atoms with E-state index in [1.165, 1.54) is 18.2 Å². The summed E-state index contributed by atoms with van der Waals surface area (Å²) in [5, 5.41) is 9.32. The maximum atomic E-state index is 12.7. The molecule has 0 radical (unpaired) electrons. The van der Waals surface area contributed by atoms with Crippen molar-refractivity contribution in [1.82, 2.24) is 19.7 Å². The molecule has 146 valence electrons. The number of thioether (sulfide) groups is 1. The average molecular weight is 389 g/mol. The Morgan fingerprint density at radius 2 is 1.89 bits per heavy atom. The van der Waals surface area contributed by atoms with Crippen LogP contribution in [0.25, 0.3) is 0 Å². The first-order valence-corrected chi connectivity index (χ1v) is 10.6. The van der Waals surface area contributed by atoms with Crippen LogP contribution in [0, 0.1) is 0 Å². The normalized spacial score (nSPS) is 19.9. The molecule has 1 aliphatic heterocycles. The lowest BCUT2D eigenvalue weighted by Crippen LogP contribution is -2.48. The molecule has 0 aliphatic carbocycles. The molecular formula is C20H28N4O2S. The van der Waals surface area contributed by atoms with Crippen LogP contribution >= 0.6 is 11.8 Å². The standard InChI is InChI=1S/C20H28N4O2S/c1-4-23-18(13-26-17-11-6-5-7-12-17)21-22-20(23)27-14-19(25)24-15(2)9-8-10-16(24)3/h5-7,11-12,15-16H,4,8-10,13-14H2,1-3H3/t15-,16+. The fourth-order valence-corrected chi connectivity index (χ4v) is 4.52. The van der Waals surface area contributed by atoms with E-state index in [9.17, 15) is 4.79 Å². The van der Waals surface area contributed by atoms with E-state index in [0.717, 1.165) is 36.1 Å². The monoisotopic (exact) mass is 388 g/mol. The third kappa shape index (κ3) is 4.83. The van der Waals surface area contributed by atoms with E-state index >= 15 is 0 Å². The van der Waals surface area contributed by atoms with Gasteiger partial charge in [0.1, 0.15) is 12.4 Å². The molecule has 0 bridgehead atoms. The first-order chi connectivity index (χ1) is 13.1. The molecular weight excluding hydrogens is 360 g/mol. The minimum atomic E-state index is 0.187. The van der Waals surface area contributed by atoms with Crippen molar-refractivity contribution in [3.8, 4) is 5.75 Å². The Balaban J connectivity index is 1.60. The Hall–Kier alpha value is -2.02. The number of para-hydroxylation sites is 1. The van der Waals surface area contributed by atoms with Crippen molar-refractivity contribution < 1.29 is 9.53 Å². The van der Waals surface area contributed by atoms with Gasteiger partial charge in [0.25, 0.3) is 0 Å². The molecule has 2 aromatic rings. The van der Waals surface area contributed by atoms with Crippen LogP contribution in [0.1, 0.15) is 45.9 Å². The second-order valence-corrected chi connectivity index (χ2v) is 7.91. The number of benzene rings is 1. The Bertz CT molecular complexity index is 740. The third-order valence-corrected chi connectivity index (χ3v) is 5.98. The van der Waals surface area contributed by atoms with Gasteiger partial charge in [-0.2, -0.15) is 0 Å². The molecule has 6 nitrogen and oxygen atoms in total. The van der Waals surface area contributed by atoms with E-state index in [1.54, 1.807) is 0 Å². The molecule has 1 amide bonds. The number of carbonyl (C=O) groups is 1. The van der Waals surface area contributed by atoms with E-state index in [2.05, 4.69) is 31.0 Å². The van der Waals surface area contributed by atoms with Crippen molar-refractivity contribution in [3.63, 3.8) is 0 Å². The topological polar surface area (TPSA) is 60.2 Å². The molecule has 0 spiro atoms. The molecule has 2 atom stereocenters. The van der Waals surface area contributed by atoms with E-state index in [4.69, 9.17) is 4.74 Å². The Labute approximate surface area is 165 Å². The summed E-state index contributed by atoms with van der Waals surface area (Å²) in [5.74, 6) is 2.16. The van der Waals surface area contributed by atoms with E-state index < -0.39 is 0 Å². The van der Waals surface area contributed by atoms with Gasteiger partial charge in [-0.05, 0) is 52.2 Å². The van der Waals surface area contributed by atoms with Crippen LogP contribution in [0.15, 0.2) is 35.5 Å². The molecule has 7 heteroatoms. The van der Waals surface area contributed by atoms with Crippen molar-refractivity contribution in [2.45, 2.75) is 70.4 Å². The van der Waals surface area contributed by atoms with Gasteiger partial charge in [0.05, 0.1) is 5.75 Å². The van der Waals surface area contributed by atoms with Crippen molar-refractivity contribution in [1.29, 1.82) is 0 Å². The van der Waals surface area contributed by atoms with Crippen LogP contribution < -0.4 is 4.74 Å². The maximum Gasteiger partial charge on any atom is 0.233 e. The van der Waals surface area contributed by atoms with Crippen LogP contribution in [-0.4, -0.2) is 43.4 Å². The molecule has 1 saturated heterocycles. The van der Waals surface area contributed by atoms with Gasteiger partial charge in [-0.25, -0.2) is 0 Å². The first kappa shape index (κ1) is 19.7. The Kier molecular flexibility index (Phi) is 6.77. The number of aromatic nitrogens is 3. The number of amides is 1. The maximum absolute atomic E-state index is 12.7. The van der Waals surface area contributed by atoms with Gasteiger partial charge in [-0.15, -0.1) is 10.2 Å². The molecule has 1 aromatic heterocycles. The summed E-state index contributed by atoms with van der Waals surface area (Å²) in [7, 11) is 0. The molecule has 0 N–H and O–H groups in total. The predicted molar refractivity (Wildman–Crippen MR) is 107 cm³/mol. The highest BCUT2D eigenvalue weighted by Crippen LogP contribution is 2.25. The third-order valence-electron chi connectivity index (χ3n) is 5.03. The molecule has 0 unspecified atom stereocenters. The van der Waals surface area contributed by atoms with Gasteiger partial charge in [-0.3, -0.25) is 4.79 Å². The lowest BCUT2D eigenvalue weighted by molar-refractivity contribution is -0.134. The number of piperidine rings is 1. The van der Waals surface area contributed by atoms with Gasteiger partial charge in [0.2, 0.25) is 5.91 Å². The average Bonchev–Trinajstić information content (AvgIpc) is 3.07.